The molecule has 145 valence electrons. The molecule has 0 bridgehead atoms. The van der Waals surface area contributed by atoms with Crippen molar-refractivity contribution in [3.05, 3.63) is 24.3 Å². The molecule has 0 aliphatic carbocycles. The average Bonchev–Trinajstić information content (AvgIpc) is 2.63. The van der Waals surface area contributed by atoms with Crippen LogP contribution in [-0.4, -0.2) is 6.29 Å². The fourth-order valence-corrected chi connectivity index (χ4v) is 3.26. The van der Waals surface area contributed by atoms with Crippen molar-refractivity contribution in [2.75, 3.05) is 0 Å². The van der Waals surface area contributed by atoms with Crippen LogP contribution < -0.4 is 0 Å². The topological polar surface area (TPSA) is 17.1 Å². The highest BCUT2D eigenvalue weighted by atomic mass is 16.1. The van der Waals surface area contributed by atoms with Crippen molar-refractivity contribution in [1.82, 2.24) is 0 Å². The molecule has 0 heterocycles. The maximum atomic E-state index is 9.96. The highest BCUT2D eigenvalue weighted by molar-refractivity contribution is 5.66. The Bertz CT molecular complexity index is 303. The van der Waals surface area contributed by atoms with Gasteiger partial charge in [0.15, 0.2) is 0 Å². The number of hydrogen-bond acceptors (Lipinski definition) is 1. The summed E-state index contributed by atoms with van der Waals surface area (Å²) in [5.74, 6) is 0. The maximum Gasteiger partial charge on any atom is 0.225 e. The predicted octanol–water partition coefficient (Wildman–Crippen LogP) is 8.25. The van der Waals surface area contributed by atoms with Crippen molar-refractivity contribution in [3.63, 3.8) is 0 Å². The molecule has 0 aromatic heterocycles. The minimum atomic E-state index is 1.13. The number of hydrogen-bond donors (Lipinski definition) is 0. The minimum Gasteiger partial charge on any atom is -0.286 e. The largest absolute Gasteiger partial charge is 0.286 e. The fraction of sp³-hybridized carbons (Fsp3) is 0.792. The smallest absolute Gasteiger partial charge is 0.225 e. The Morgan fingerprint density at radius 3 is 1.36 bits per heavy atom. The van der Waals surface area contributed by atoms with Gasteiger partial charge in [0.05, 0.1) is 0 Å². The molecule has 0 spiro atoms. The quantitative estimate of drug-likeness (QED) is 0.123. The first-order chi connectivity index (χ1) is 12.4. The lowest BCUT2D eigenvalue weighted by molar-refractivity contribution is 0.527. The summed E-state index contributed by atoms with van der Waals surface area (Å²) in [5, 5.41) is 0. The Morgan fingerprint density at radius 2 is 0.960 bits per heavy atom. The Morgan fingerprint density at radius 1 is 0.560 bits per heavy atom. The number of unbranched alkanes of at least 4 members (excludes halogenated alkanes) is 17. The van der Waals surface area contributed by atoms with Gasteiger partial charge >= 0.3 is 0 Å². The zero-order valence-electron chi connectivity index (χ0n) is 16.9. The number of rotatable bonds is 20. The lowest BCUT2D eigenvalue weighted by atomic mass is 10.0. The molecular formula is C24H43O. The lowest BCUT2D eigenvalue weighted by Gasteiger charge is -2.03. The summed E-state index contributed by atoms with van der Waals surface area (Å²) in [6.07, 6.45) is 34.3. The van der Waals surface area contributed by atoms with Gasteiger partial charge in [-0.2, -0.15) is 0 Å². The van der Waals surface area contributed by atoms with Crippen molar-refractivity contribution in [2.24, 2.45) is 0 Å². The van der Waals surface area contributed by atoms with Crippen LogP contribution in [0.3, 0.4) is 0 Å². The molecule has 0 aromatic carbocycles. The normalized spacial score (nSPS) is 11.7. The average molecular weight is 348 g/mol. The second-order valence-corrected chi connectivity index (χ2v) is 7.35. The lowest BCUT2D eigenvalue weighted by Crippen LogP contribution is -1.83. The van der Waals surface area contributed by atoms with Crippen LogP contribution in [0.5, 0.6) is 0 Å². The van der Waals surface area contributed by atoms with Crippen LogP contribution in [0.15, 0.2) is 24.3 Å². The van der Waals surface area contributed by atoms with Gasteiger partial charge in [0, 0.05) is 0 Å². The molecule has 0 rings (SSSR count). The summed E-state index contributed by atoms with van der Waals surface area (Å²) >= 11 is 0. The number of carbonyl (C=O) groups excluding carboxylic acids is 1. The van der Waals surface area contributed by atoms with Gasteiger partial charge in [0.1, 0.15) is 0 Å². The predicted molar refractivity (Wildman–Crippen MR) is 113 cm³/mol. The van der Waals surface area contributed by atoms with Crippen LogP contribution in [0.1, 0.15) is 122 Å². The van der Waals surface area contributed by atoms with Crippen molar-refractivity contribution in [1.29, 1.82) is 0 Å². The van der Waals surface area contributed by atoms with Crippen molar-refractivity contribution in [3.8, 4) is 0 Å². The minimum absolute atomic E-state index is 1.13. The Labute approximate surface area is 158 Å². The molecule has 1 nitrogen and oxygen atoms in total. The third-order valence-corrected chi connectivity index (χ3v) is 4.89. The van der Waals surface area contributed by atoms with E-state index in [2.05, 4.69) is 13.0 Å². The van der Waals surface area contributed by atoms with Crippen LogP contribution in [0.4, 0.5) is 0 Å². The van der Waals surface area contributed by atoms with Crippen LogP contribution in [-0.2, 0) is 4.79 Å². The van der Waals surface area contributed by atoms with Gasteiger partial charge in [-0.1, -0.05) is 128 Å². The molecule has 1 heteroatoms. The molecule has 0 N–H and O–H groups in total. The molecule has 0 amide bonds. The first-order valence-corrected chi connectivity index (χ1v) is 11.1. The zero-order valence-corrected chi connectivity index (χ0v) is 16.9. The first kappa shape index (κ1) is 24.1. The molecule has 0 saturated heterocycles. The fourth-order valence-electron chi connectivity index (χ4n) is 3.26. The summed E-state index contributed by atoms with van der Waals surface area (Å²) in [4.78, 5) is 9.96. The van der Waals surface area contributed by atoms with Crippen molar-refractivity contribution < 1.29 is 4.79 Å². The van der Waals surface area contributed by atoms with E-state index in [9.17, 15) is 4.79 Å². The van der Waals surface area contributed by atoms with Crippen LogP contribution in [0.25, 0.3) is 0 Å². The first-order valence-electron chi connectivity index (χ1n) is 11.1. The van der Waals surface area contributed by atoms with Crippen molar-refractivity contribution >= 4 is 6.29 Å². The van der Waals surface area contributed by atoms with Gasteiger partial charge in [-0.25, -0.2) is 0 Å². The van der Waals surface area contributed by atoms with E-state index in [0.717, 1.165) is 6.42 Å². The van der Waals surface area contributed by atoms with Crippen molar-refractivity contribution in [2.45, 2.75) is 122 Å². The van der Waals surface area contributed by atoms with Crippen LogP contribution >= 0.6 is 0 Å². The Kier molecular flexibility index (Phi) is 22.4. The highest BCUT2D eigenvalue weighted by Crippen LogP contribution is 2.14. The SMILES string of the molecule is CCCCCCCCCCCCCCCCCCCC=CC=C[C]=O. The summed E-state index contributed by atoms with van der Waals surface area (Å²) in [7, 11) is 0. The van der Waals surface area contributed by atoms with Gasteiger partial charge in [0.25, 0.3) is 0 Å². The molecule has 0 saturated carbocycles. The summed E-state index contributed by atoms with van der Waals surface area (Å²) in [5.41, 5.74) is 0. The van der Waals surface area contributed by atoms with E-state index in [4.69, 9.17) is 0 Å². The molecule has 0 aliphatic heterocycles. The molecule has 1 radical (unpaired) electrons. The van der Waals surface area contributed by atoms with Gasteiger partial charge < -0.3 is 0 Å². The third kappa shape index (κ3) is 23.1. The standard InChI is InChI=1S/C24H43O/c1-2-3-4-5-6-7-8-9-10-11-12-13-14-15-16-17-18-19-20-21-22-23-24-25/h20-23H,2-19H2,1H3. The van der Waals surface area contributed by atoms with Crippen LogP contribution in [0, 0.1) is 0 Å². The molecule has 25 heavy (non-hydrogen) atoms. The van der Waals surface area contributed by atoms with Gasteiger partial charge in [-0.15, -0.1) is 0 Å². The Balaban J connectivity index is 3.04. The highest BCUT2D eigenvalue weighted by Gasteiger charge is 1.94. The summed E-state index contributed by atoms with van der Waals surface area (Å²) in [6.45, 7) is 2.29. The molecule has 0 aliphatic rings. The monoisotopic (exact) mass is 347 g/mol. The zero-order chi connectivity index (χ0) is 18.3. The summed E-state index contributed by atoms with van der Waals surface area (Å²) in [6, 6.07) is 0. The van der Waals surface area contributed by atoms with E-state index < -0.39 is 0 Å². The second-order valence-electron chi connectivity index (χ2n) is 7.35. The van der Waals surface area contributed by atoms with E-state index in [1.54, 1.807) is 12.4 Å². The summed E-state index contributed by atoms with van der Waals surface area (Å²) < 4.78 is 0. The molecule has 0 aromatic rings. The van der Waals surface area contributed by atoms with E-state index in [1.807, 2.05) is 6.08 Å². The molecule has 0 fully saturated rings. The maximum absolute atomic E-state index is 9.96. The number of allylic oxidation sites excluding steroid dienone is 4. The van der Waals surface area contributed by atoms with Gasteiger partial charge in [0.2, 0.25) is 6.29 Å². The van der Waals surface area contributed by atoms with E-state index in [1.165, 1.54) is 115 Å². The van der Waals surface area contributed by atoms with E-state index in [-0.39, 0.29) is 0 Å². The van der Waals surface area contributed by atoms with Gasteiger partial charge in [-0.05, 0) is 18.9 Å². The molecule has 0 unspecified atom stereocenters. The molecular weight excluding hydrogens is 304 g/mol. The Hall–Kier alpha value is -0.850. The van der Waals surface area contributed by atoms with E-state index in [0.29, 0.717) is 0 Å². The third-order valence-electron chi connectivity index (χ3n) is 4.89. The second kappa shape index (κ2) is 23.1. The van der Waals surface area contributed by atoms with Gasteiger partial charge in [-0.3, -0.25) is 4.79 Å². The molecule has 0 atom stereocenters. The van der Waals surface area contributed by atoms with Crippen LogP contribution in [0.2, 0.25) is 0 Å². The van der Waals surface area contributed by atoms with E-state index >= 15 is 0 Å².